The molecule has 0 aliphatic heterocycles. The van der Waals surface area contributed by atoms with Crippen molar-refractivity contribution < 1.29 is 26.4 Å². The average molecular weight is 537 g/mol. The molecule has 12 heteroatoms. The number of carbonyl (C=O) groups is 1. The number of imidazole rings is 1. The van der Waals surface area contributed by atoms with Crippen molar-refractivity contribution in [3.63, 3.8) is 0 Å². The lowest BCUT2D eigenvalue weighted by atomic mass is 10.1. The molecule has 2 amide bonds. The Morgan fingerprint density at radius 1 is 1.06 bits per heavy atom. The number of urea groups is 1. The van der Waals surface area contributed by atoms with Crippen molar-refractivity contribution in [2.24, 2.45) is 0 Å². The molecule has 36 heavy (non-hydrogen) atoms. The maximum absolute atomic E-state index is 13.1. The molecule has 1 aromatic heterocycles. The van der Waals surface area contributed by atoms with E-state index in [0.29, 0.717) is 17.6 Å². The first-order valence-electron chi connectivity index (χ1n) is 10.6. The second-order valence-corrected chi connectivity index (χ2v) is 10.1. The average Bonchev–Trinajstić information content (AvgIpc) is 3.21. The first kappa shape index (κ1) is 25.5. The van der Waals surface area contributed by atoms with E-state index in [1.54, 1.807) is 41.0 Å². The molecule has 0 spiro atoms. The number of hydrogen-bond donors (Lipinski definition) is 2. The van der Waals surface area contributed by atoms with Gasteiger partial charge in [0.1, 0.15) is 6.33 Å². The van der Waals surface area contributed by atoms with Crippen LogP contribution in [0.2, 0.25) is 5.02 Å². The van der Waals surface area contributed by atoms with E-state index in [1.165, 1.54) is 24.5 Å². The molecule has 0 saturated carbocycles. The van der Waals surface area contributed by atoms with Crippen LogP contribution in [-0.2, 0) is 22.6 Å². The van der Waals surface area contributed by atoms with Gasteiger partial charge in [-0.1, -0.05) is 41.4 Å². The van der Waals surface area contributed by atoms with Gasteiger partial charge in [-0.3, -0.25) is 4.57 Å². The number of hydrogen-bond acceptors (Lipinski definition) is 4. The molecule has 0 aliphatic rings. The zero-order valence-electron chi connectivity index (χ0n) is 18.8. The lowest BCUT2D eigenvalue weighted by Crippen LogP contribution is -2.40. The monoisotopic (exact) mass is 536 g/mol. The van der Waals surface area contributed by atoms with Crippen molar-refractivity contribution in [1.82, 2.24) is 19.6 Å². The smallest absolute Gasteiger partial charge is 0.337 e. The zero-order valence-corrected chi connectivity index (χ0v) is 20.4. The number of carbonyl (C=O) groups excluding carboxylic acids is 1. The molecule has 4 aromatic rings. The highest BCUT2D eigenvalue weighted by Crippen LogP contribution is 2.37. The predicted octanol–water partition coefficient (Wildman–Crippen LogP) is 5.24. The quantitative estimate of drug-likeness (QED) is 0.352. The van der Waals surface area contributed by atoms with E-state index in [2.05, 4.69) is 10.3 Å². The molecule has 0 bridgehead atoms. The van der Waals surface area contributed by atoms with Crippen molar-refractivity contribution >= 4 is 38.7 Å². The van der Waals surface area contributed by atoms with Crippen LogP contribution in [0.3, 0.4) is 0 Å². The number of nitrogens with zero attached hydrogens (tertiary/aromatic N) is 2. The number of rotatable bonds is 6. The van der Waals surface area contributed by atoms with Crippen LogP contribution in [0.1, 0.15) is 16.7 Å². The third-order valence-electron chi connectivity index (χ3n) is 5.41. The molecule has 0 aliphatic carbocycles. The summed E-state index contributed by atoms with van der Waals surface area (Å²) in [5.41, 5.74) is 2.04. The molecule has 7 nitrogen and oxygen atoms in total. The lowest BCUT2D eigenvalue weighted by molar-refractivity contribution is -0.137. The summed E-state index contributed by atoms with van der Waals surface area (Å²) in [7, 11) is -3.98. The second kappa shape index (κ2) is 9.82. The standard InChI is InChI=1S/C24H20ClF3N4O3S/c1-15-2-8-18(9-3-15)36(34,35)31-23(33)29-11-10-16-4-6-17(7-5-16)32-14-30-21-12-19(24(26,27)28)20(25)13-22(21)32/h2-9,12-14H,10-11H2,1H3,(H2,29,31,33). The minimum Gasteiger partial charge on any atom is -0.337 e. The number of amides is 2. The molecule has 0 radical (unpaired) electrons. The van der Waals surface area contributed by atoms with Gasteiger partial charge in [0.25, 0.3) is 10.0 Å². The summed E-state index contributed by atoms with van der Waals surface area (Å²) in [6.07, 6.45) is -2.74. The Hall–Kier alpha value is -3.57. The van der Waals surface area contributed by atoms with Crippen molar-refractivity contribution in [3.05, 3.63) is 88.7 Å². The topological polar surface area (TPSA) is 93.1 Å². The number of aryl methyl sites for hydroxylation is 1. The van der Waals surface area contributed by atoms with Gasteiger partial charge in [0.2, 0.25) is 0 Å². The van der Waals surface area contributed by atoms with Gasteiger partial charge < -0.3 is 5.32 Å². The molecule has 3 aromatic carbocycles. The normalized spacial score (nSPS) is 12.0. The highest BCUT2D eigenvalue weighted by molar-refractivity contribution is 7.90. The summed E-state index contributed by atoms with van der Waals surface area (Å²) in [6.45, 7) is 2.00. The maximum Gasteiger partial charge on any atom is 0.417 e. The third-order valence-corrected chi connectivity index (χ3v) is 7.07. The summed E-state index contributed by atoms with van der Waals surface area (Å²) >= 11 is 5.85. The Labute approximate surface area is 210 Å². The molecule has 2 N–H and O–H groups in total. The molecular weight excluding hydrogens is 517 g/mol. The van der Waals surface area contributed by atoms with Crippen LogP contribution in [0.25, 0.3) is 16.7 Å². The van der Waals surface area contributed by atoms with Gasteiger partial charge in [-0.25, -0.2) is 22.9 Å². The number of aromatic nitrogens is 2. The first-order chi connectivity index (χ1) is 16.9. The van der Waals surface area contributed by atoms with Gasteiger partial charge in [0.15, 0.2) is 0 Å². The number of halogens is 4. The van der Waals surface area contributed by atoms with Crippen LogP contribution in [0, 0.1) is 6.92 Å². The summed E-state index contributed by atoms with van der Waals surface area (Å²) in [6, 6.07) is 14.5. The Kier molecular flexibility index (Phi) is 6.96. The van der Waals surface area contributed by atoms with E-state index >= 15 is 0 Å². The van der Waals surface area contributed by atoms with Crippen LogP contribution >= 0.6 is 11.6 Å². The molecular formula is C24H20ClF3N4O3S. The number of sulfonamides is 1. The molecule has 0 fully saturated rings. The summed E-state index contributed by atoms with van der Waals surface area (Å²) in [5.74, 6) is 0. The fraction of sp³-hybridized carbons (Fsp3) is 0.167. The van der Waals surface area contributed by atoms with Crippen LogP contribution in [0.4, 0.5) is 18.0 Å². The summed E-state index contributed by atoms with van der Waals surface area (Å²) in [5, 5.41) is 2.09. The molecule has 0 unspecified atom stereocenters. The number of fused-ring (bicyclic) bond motifs is 1. The van der Waals surface area contributed by atoms with Crippen LogP contribution in [0.15, 0.2) is 71.9 Å². The highest BCUT2D eigenvalue weighted by atomic mass is 35.5. The molecule has 1 heterocycles. The third kappa shape index (κ3) is 5.63. The van der Waals surface area contributed by atoms with E-state index in [-0.39, 0.29) is 17.0 Å². The summed E-state index contributed by atoms with van der Waals surface area (Å²) < 4.78 is 67.4. The van der Waals surface area contributed by atoms with E-state index in [9.17, 15) is 26.4 Å². The van der Waals surface area contributed by atoms with Crippen molar-refractivity contribution in [1.29, 1.82) is 0 Å². The molecule has 188 valence electrons. The van der Waals surface area contributed by atoms with Gasteiger partial charge in [-0.2, -0.15) is 13.2 Å². The van der Waals surface area contributed by atoms with E-state index in [4.69, 9.17) is 11.6 Å². The van der Waals surface area contributed by atoms with Crippen molar-refractivity contribution in [2.45, 2.75) is 24.4 Å². The van der Waals surface area contributed by atoms with E-state index < -0.39 is 32.8 Å². The SMILES string of the molecule is Cc1ccc(S(=O)(=O)NC(=O)NCCc2ccc(-n3cnc4cc(C(F)(F)F)c(Cl)cc43)cc2)cc1. The highest BCUT2D eigenvalue weighted by Gasteiger charge is 2.34. The van der Waals surface area contributed by atoms with E-state index in [0.717, 1.165) is 17.2 Å². The Bertz CT molecular complexity index is 1520. The second-order valence-electron chi connectivity index (χ2n) is 8.02. The van der Waals surface area contributed by atoms with E-state index in [1.807, 2.05) is 11.6 Å². The fourth-order valence-corrected chi connectivity index (χ4v) is 4.72. The van der Waals surface area contributed by atoms with Crippen LogP contribution < -0.4 is 10.0 Å². The number of nitrogens with one attached hydrogen (secondary N) is 2. The Balaban J connectivity index is 1.38. The minimum atomic E-state index is -4.58. The lowest BCUT2D eigenvalue weighted by Gasteiger charge is -2.11. The summed E-state index contributed by atoms with van der Waals surface area (Å²) in [4.78, 5) is 16.1. The minimum absolute atomic E-state index is 0.0122. The van der Waals surface area contributed by atoms with Crippen LogP contribution in [0.5, 0.6) is 0 Å². The van der Waals surface area contributed by atoms with Gasteiger partial charge in [-0.15, -0.1) is 0 Å². The predicted molar refractivity (Wildman–Crippen MR) is 130 cm³/mol. The van der Waals surface area contributed by atoms with Gasteiger partial charge in [-0.05, 0) is 55.3 Å². The van der Waals surface area contributed by atoms with Gasteiger partial charge >= 0.3 is 12.2 Å². The van der Waals surface area contributed by atoms with Crippen LogP contribution in [-0.4, -0.2) is 30.5 Å². The Morgan fingerprint density at radius 2 is 1.72 bits per heavy atom. The molecule has 0 saturated heterocycles. The fourth-order valence-electron chi connectivity index (χ4n) is 3.53. The molecule has 4 rings (SSSR count). The zero-order chi connectivity index (χ0) is 26.1. The van der Waals surface area contributed by atoms with Gasteiger partial charge in [0, 0.05) is 12.2 Å². The first-order valence-corrected chi connectivity index (χ1v) is 12.5. The number of benzene rings is 3. The molecule has 0 atom stereocenters. The number of alkyl halides is 3. The van der Waals surface area contributed by atoms with Crippen molar-refractivity contribution in [2.75, 3.05) is 6.54 Å². The largest absolute Gasteiger partial charge is 0.417 e. The van der Waals surface area contributed by atoms with Gasteiger partial charge in [0.05, 0.1) is 26.5 Å². The Morgan fingerprint density at radius 3 is 2.36 bits per heavy atom. The maximum atomic E-state index is 13.1. The van der Waals surface area contributed by atoms with Crippen molar-refractivity contribution in [3.8, 4) is 5.69 Å².